The normalized spacial score (nSPS) is 12.5. The van der Waals surface area contributed by atoms with E-state index in [0.717, 1.165) is 11.8 Å². The van der Waals surface area contributed by atoms with Gasteiger partial charge >= 0.3 is 0 Å². The molecule has 92 valence electrons. The predicted octanol–water partition coefficient (Wildman–Crippen LogP) is 1.51. The maximum atomic E-state index is 11.9. The Kier molecular flexibility index (Phi) is 2.82. The molecule has 7 heteroatoms. The van der Waals surface area contributed by atoms with Crippen LogP contribution in [0.2, 0.25) is 0 Å². The van der Waals surface area contributed by atoms with Gasteiger partial charge in [0.2, 0.25) is 15.0 Å². The van der Waals surface area contributed by atoms with Crippen molar-refractivity contribution in [3.05, 3.63) is 21.3 Å². The Labute approximate surface area is 102 Å². The lowest BCUT2D eigenvalue weighted by atomic mass is 10.0. The van der Waals surface area contributed by atoms with Crippen LogP contribution in [0.3, 0.4) is 0 Å². The number of nitrogens with one attached hydrogen (secondary N) is 1. The van der Waals surface area contributed by atoms with Gasteiger partial charge in [-0.3, -0.25) is 9.78 Å². The van der Waals surface area contributed by atoms with Crippen LogP contribution in [-0.2, 0) is 9.84 Å². The smallest absolute Gasteiger partial charge is 0.260 e. The maximum Gasteiger partial charge on any atom is 0.260 e. The minimum Gasteiger partial charge on any atom is -0.297 e. The van der Waals surface area contributed by atoms with Gasteiger partial charge in [-0.1, -0.05) is 13.8 Å². The molecule has 2 aromatic rings. The van der Waals surface area contributed by atoms with Crippen molar-refractivity contribution in [2.24, 2.45) is 0 Å². The number of thiophene rings is 1. The Morgan fingerprint density at radius 1 is 1.41 bits per heavy atom. The molecule has 2 aromatic heterocycles. The van der Waals surface area contributed by atoms with Crippen LogP contribution in [0, 0.1) is 0 Å². The SMILES string of the molecule is CC(C)c1csc2nc(S(C)(=O)=O)[nH]c(=O)c12. The highest BCUT2D eigenvalue weighted by molar-refractivity contribution is 7.90. The molecule has 0 radical (unpaired) electrons. The van der Waals surface area contributed by atoms with Crippen LogP contribution in [0.25, 0.3) is 10.2 Å². The number of nitrogens with zero attached hydrogens (tertiary/aromatic N) is 1. The lowest BCUT2D eigenvalue weighted by Gasteiger charge is -2.02. The van der Waals surface area contributed by atoms with Gasteiger partial charge in [0, 0.05) is 6.26 Å². The van der Waals surface area contributed by atoms with E-state index in [1.54, 1.807) is 0 Å². The summed E-state index contributed by atoms with van der Waals surface area (Å²) in [5, 5.41) is 2.08. The Balaban J connectivity index is 2.84. The first-order valence-electron chi connectivity index (χ1n) is 5.02. The molecule has 0 fully saturated rings. The average molecular weight is 272 g/mol. The molecule has 0 amide bonds. The summed E-state index contributed by atoms with van der Waals surface area (Å²) >= 11 is 1.29. The fourth-order valence-corrected chi connectivity index (χ4v) is 3.25. The van der Waals surface area contributed by atoms with Crippen molar-refractivity contribution in [2.75, 3.05) is 6.26 Å². The molecule has 0 saturated carbocycles. The van der Waals surface area contributed by atoms with Crippen LogP contribution in [0.4, 0.5) is 0 Å². The molecule has 2 heterocycles. The van der Waals surface area contributed by atoms with E-state index in [-0.39, 0.29) is 16.6 Å². The summed E-state index contributed by atoms with van der Waals surface area (Å²) in [5.74, 6) is 0.204. The van der Waals surface area contributed by atoms with Crippen molar-refractivity contribution < 1.29 is 8.42 Å². The van der Waals surface area contributed by atoms with Gasteiger partial charge < -0.3 is 0 Å². The lowest BCUT2D eigenvalue weighted by Crippen LogP contribution is -2.15. The Bertz CT molecular complexity index is 726. The Morgan fingerprint density at radius 2 is 2.06 bits per heavy atom. The van der Waals surface area contributed by atoms with Gasteiger partial charge in [0.1, 0.15) is 4.83 Å². The quantitative estimate of drug-likeness (QED) is 0.840. The van der Waals surface area contributed by atoms with Crippen molar-refractivity contribution in [1.29, 1.82) is 0 Å². The first kappa shape index (κ1) is 12.3. The number of hydrogen-bond acceptors (Lipinski definition) is 5. The second kappa shape index (κ2) is 3.92. The third kappa shape index (κ3) is 2.12. The molecule has 0 aliphatic rings. The van der Waals surface area contributed by atoms with Gasteiger partial charge in [-0.05, 0) is 16.9 Å². The average Bonchev–Trinajstić information content (AvgIpc) is 2.60. The van der Waals surface area contributed by atoms with Crippen molar-refractivity contribution in [3.63, 3.8) is 0 Å². The van der Waals surface area contributed by atoms with Gasteiger partial charge in [0.05, 0.1) is 5.39 Å². The predicted molar refractivity (Wildman–Crippen MR) is 67.4 cm³/mol. The molecule has 5 nitrogen and oxygen atoms in total. The number of rotatable bonds is 2. The van der Waals surface area contributed by atoms with Crippen molar-refractivity contribution in [3.8, 4) is 0 Å². The van der Waals surface area contributed by atoms with Crippen LogP contribution in [0.1, 0.15) is 25.3 Å². The molecule has 0 saturated heterocycles. The molecule has 0 atom stereocenters. The Morgan fingerprint density at radius 3 is 2.59 bits per heavy atom. The molecule has 0 aliphatic heterocycles. The first-order chi connectivity index (χ1) is 7.80. The van der Waals surface area contributed by atoms with E-state index in [0.29, 0.717) is 10.2 Å². The number of H-pyrrole nitrogens is 1. The zero-order valence-corrected chi connectivity index (χ0v) is 11.3. The van der Waals surface area contributed by atoms with E-state index in [4.69, 9.17) is 0 Å². The summed E-state index contributed by atoms with van der Waals surface area (Å²) in [5.41, 5.74) is 0.513. The third-order valence-electron chi connectivity index (χ3n) is 2.42. The van der Waals surface area contributed by atoms with Gasteiger partial charge in [-0.15, -0.1) is 11.3 Å². The molecule has 0 aliphatic carbocycles. The number of hydrogen-bond donors (Lipinski definition) is 1. The number of fused-ring (bicyclic) bond motifs is 1. The first-order valence-corrected chi connectivity index (χ1v) is 7.79. The fraction of sp³-hybridized carbons (Fsp3) is 0.400. The fourth-order valence-electron chi connectivity index (χ4n) is 1.55. The molecular formula is C10H12N2O3S2. The van der Waals surface area contributed by atoms with E-state index < -0.39 is 9.84 Å². The van der Waals surface area contributed by atoms with Crippen LogP contribution >= 0.6 is 11.3 Å². The van der Waals surface area contributed by atoms with Crippen LogP contribution in [0.5, 0.6) is 0 Å². The van der Waals surface area contributed by atoms with E-state index in [2.05, 4.69) is 9.97 Å². The third-order valence-corrected chi connectivity index (χ3v) is 4.21. The van der Waals surface area contributed by atoms with Crippen LogP contribution in [-0.4, -0.2) is 24.6 Å². The molecule has 1 N–H and O–H groups in total. The molecular weight excluding hydrogens is 260 g/mol. The standard InChI is InChI=1S/C10H12N2O3S2/c1-5(2)6-4-16-9-7(6)8(13)11-10(12-9)17(3,14)15/h4-5H,1-3H3,(H,11,12,13). The van der Waals surface area contributed by atoms with E-state index in [1.807, 2.05) is 19.2 Å². The second-order valence-electron chi connectivity index (χ2n) is 4.17. The van der Waals surface area contributed by atoms with Gasteiger partial charge in [0.25, 0.3) is 5.56 Å². The van der Waals surface area contributed by atoms with Gasteiger partial charge in [-0.25, -0.2) is 13.4 Å². The largest absolute Gasteiger partial charge is 0.297 e. The van der Waals surface area contributed by atoms with Crippen molar-refractivity contribution in [2.45, 2.75) is 24.9 Å². The lowest BCUT2D eigenvalue weighted by molar-refractivity contribution is 0.593. The second-order valence-corrected chi connectivity index (χ2v) is 6.96. The molecule has 17 heavy (non-hydrogen) atoms. The summed E-state index contributed by atoms with van der Waals surface area (Å²) < 4.78 is 22.7. The van der Waals surface area contributed by atoms with Crippen LogP contribution < -0.4 is 5.56 Å². The van der Waals surface area contributed by atoms with E-state index in [9.17, 15) is 13.2 Å². The minimum atomic E-state index is -3.49. The van der Waals surface area contributed by atoms with Crippen LogP contribution in [0.15, 0.2) is 15.3 Å². The monoisotopic (exact) mass is 272 g/mol. The van der Waals surface area contributed by atoms with Gasteiger partial charge in [-0.2, -0.15) is 0 Å². The molecule has 2 rings (SSSR count). The number of sulfone groups is 1. The maximum absolute atomic E-state index is 11.9. The summed E-state index contributed by atoms with van der Waals surface area (Å²) in [6.45, 7) is 3.96. The molecule has 0 spiro atoms. The summed E-state index contributed by atoms with van der Waals surface area (Å²) in [6, 6.07) is 0. The number of aromatic nitrogens is 2. The Hall–Kier alpha value is -1.21. The van der Waals surface area contributed by atoms with Gasteiger partial charge in [0.15, 0.2) is 0 Å². The zero-order chi connectivity index (χ0) is 12.8. The summed E-state index contributed by atoms with van der Waals surface area (Å²) in [7, 11) is -3.49. The minimum absolute atomic E-state index is 0.204. The molecule has 0 bridgehead atoms. The summed E-state index contributed by atoms with van der Waals surface area (Å²) in [4.78, 5) is 18.7. The molecule has 0 unspecified atom stereocenters. The highest BCUT2D eigenvalue weighted by Crippen LogP contribution is 2.27. The van der Waals surface area contributed by atoms with Crippen molar-refractivity contribution >= 4 is 31.4 Å². The molecule has 0 aromatic carbocycles. The topological polar surface area (TPSA) is 79.9 Å². The van der Waals surface area contributed by atoms with E-state index >= 15 is 0 Å². The number of aromatic amines is 1. The highest BCUT2D eigenvalue weighted by Gasteiger charge is 2.17. The highest BCUT2D eigenvalue weighted by atomic mass is 32.2. The zero-order valence-electron chi connectivity index (χ0n) is 9.64. The summed E-state index contributed by atoms with van der Waals surface area (Å²) in [6.07, 6.45) is 1.02. The van der Waals surface area contributed by atoms with E-state index in [1.165, 1.54) is 11.3 Å². The van der Waals surface area contributed by atoms with Crippen molar-refractivity contribution in [1.82, 2.24) is 9.97 Å².